The average molecular weight is 270 g/mol. The molecule has 4 heteroatoms. The average Bonchev–Trinajstić information content (AvgIpc) is 3.29. The molecule has 0 spiro atoms. The van der Waals surface area contributed by atoms with Gasteiger partial charge in [0.15, 0.2) is 11.4 Å². The Morgan fingerprint density at radius 3 is 2.90 bits per heavy atom. The largest absolute Gasteiger partial charge is 0.505 e. The van der Waals surface area contributed by atoms with Crippen LogP contribution in [0.5, 0.6) is 5.75 Å². The molecule has 1 amide bonds. The van der Waals surface area contributed by atoms with Gasteiger partial charge in [0.1, 0.15) is 0 Å². The van der Waals surface area contributed by atoms with Gasteiger partial charge in [0, 0.05) is 30.6 Å². The van der Waals surface area contributed by atoms with Crippen molar-refractivity contribution in [3.8, 4) is 5.75 Å². The zero-order chi connectivity index (χ0) is 14.1. The van der Waals surface area contributed by atoms with Crippen LogP contribution in [0.2, 0.25) is 0 Å². The number of carbonyl (C=O) groups excluding carboxylic acids is 1. The van der Waals surface area contributed by atoms with Gasteiger partial charge in [-0.3, -0.25) is 4.79 Å². The van der Waals surface area contributed by atoms with Crippen LogP contribution < -0.4 is 0 Å². The predicted octanol–water partition coefficient (Wildman–Crippen LogP) is 2.81. The van der Waals surface area contributed by atoms with Crippen LogP contribution in [0.3, 0.4) is 0 Å². The highest BCUT2D eigenvalue weighted by atomic mass is 16.3. The van der Waals surface area contributed by atoms with Crippen molar-refractivity contribution in [1.82, 2.24) is 9.88 Å². The summed E-state index contributed by atoms with van der Waals surface area (Å²) in [6.07, 6.45) is 5.23. The zero-order valence-corrected chi connectivity index (χ0v) is 11.5. The molecule has 20 heavy (non-hydrogen) atoms. The van der Waals surface area contributed by atoms with E-state index in [0.717, 1.165) is 24.3 Å². The third-order valence-corrected chi connectivity index (χ3v) is 3.89. The Hall–Kier alpha value is -2.10. The number of pyridine rings is 1. The smallest absolute Gasteiger partial charge is 0.276 e. The van der Waals surface area contributed by atoms with Gasteiger partial charge in [-0.2, -0.15) is 0 Å². The summed E-state index contributed by atoms with van der Waals surface area (Å²) in [7, 11) is 1.76. The van der Waals surface area contributed by atoms with Crippen LogP contribution in [0.1, 0.15) is 29.8 Å². The number of hydrogen-bond acceptors (Lipinski definition) is 3. The van der Waals surface area contributed by atoms with Gasteiger partial charge in [0.2, 0.25) is 0 Å². The Kier molecular flexibility index (Phi) is 3.30. The number of aromatic nitrogens is 1. The highest BCUT2D eigenvalue weighted by Crippen LogP contribution is 2.32. The Morgan fingerprint density at radius 2 is 2.15 bits per heavy atom. The lowest BCUT2D eigenvalue weighted by atomic mass is 10.1. The minimum Gasteiger partial charge on any atom is -0.505 e. The van der Waals surface area contributed by atoms with E-state index in [2.05, 4.69) is 4.98 Å². The van der Waals surface area contributed by atoms with E-state index in [1.54, 1.807) is 24.2 Å². The van der Waals surface area contributed by atoms with Crippen LogP contribution in [-0.4, -0.2) is 34.5 Å². The molecule has 0 atom stereocenters. The fraction of sp³-hybridized carbons (Fsp3) is 0.375. The molecule has 1 aromatic heterocycles. The number of fused-ring (bicyclic) bond motifs is 1. The second kappa shape index (κ2) is 5.12. The summed E-state index contributed by atoms with van der Waals surface area (Å²) < 4.78 is 0. The summed E-state index contributed by atoms with van der Waals surface area (Å²) in [4.78, 5) is 18.1. The highest BCUT2D eigenvalue weighted by Gasteiger charge is 2.24. The van der Waals surface area contributed by atoms with Crippen LogP contribution in [0, 0.1) is 5.92 Å². The van der Waals surface area contributed by atoms with Crippen LogP contribution >= 0.6 is 0 Å². The lowest BCUT2D eigenvalue weighted by Crippen LogP contribution is -2.28. The van der Waals surface area contributed by atoms with Gasteiger partial charge in [-0.1, -0.05) is 37.1 Å². The zero-order valence-electron chi connectivity index (χ0n) is 11.5. The molecule has 1 aromatic carbocycles. The predicted molar refractivity (Wildman–Crippen MR) is 77.7 cm³/mol. The molecular weight excluding hydrogens is 252 g/mol. The van der Waals surface area contributed by atoms with Crippen molar-refractivity contribution in [2.45, 2.75) is 19.3 Å². The Morgan fingerprint density at radius 1 is 1.40 bits per heavy atom. The molecule has 1 fully saturated rings. The normalized spacial score (nSPS) is 14.4. The first-order valence-electron chi connectivity index (χ1n) is 6.99. The first kappa shape index (κ1) is 12.9. The van der Waals surface area contributed by atoms with E-state index < -0.39 is 0 Å². The van der Waals surface area contributed by atoms with Crippen molar-refractivity contribution in [3.05, 3.63) is 36.2 Å². The molecule has 1 N–H and O–H groups in total. The molecular formula is C16H18N2O2. The van der Waals surface area contributed by atoms with Gasteiger partial charge in [0.05, 0.1) is 0 Å². The number of carbonyl (C=O) groups is 1. The lowest BCUT2D eigenvalue weighted by Gasteiger charge is -2.17. The molecule has 3 rings (SSSR count). The molecule has 104 valence electrons. The van der Waals surface area contributed by atoms with Crippen molar-refractivity contribution in [1.29, 1.82) is 0 Å². The molecule has 1 aliphatic rings. The van der Waals surface area contributed by atoms with Gasteiger partial charge < -0.3 is 10.0 Å². The van der Waals surface area contributed by atoms with Crippen LogP contribution in [-0.2, 0) is 0 Å². The van der Waals surface area contributed by atoms with E-state index in [-0.39, 0.29) is 17.4 Å². The summed E-state index contributed by atoms with van der Waals surface area (Å²) in [6, 6.07) is 7.39. The molecule has 0 radical (unpaired) electrons. The molecule has 4 nitrogen and oxygen atoms in total. The number of amides is 1. The first-order chi connectivity index (χ1) is 9.66. The van der Waals surface area contributed by atoms with Crippen molar-refractivity contribution < 1.29 is 9.90 Å². The number of benzene rings is 1. The second-order valence-corrected chi connectivity index (χ2v) is 5.50. The second-order valence-electron chi connectivity index (χ2n) is 5.50. The van der Waals surface area contributed by atoms with E-state index in [1.165, 1.54) is 12.8 Å². The molecule has 1 saturated carbocycles. The quantitative estimate of drug-likeness (QED) is 0.929. The van der Waals surface area contributed by atoms with E-state index in [9.17, 15) is 9.90 Å². The summed E-state index contributed by atoms with van der Waals surface area (Å²) in [5.74, 6) is 0.545. The number of aromatic hydroxyl groups is 1. The standard InChI is InChI=1S/C16H18N2O2/c1-18(9-8-11-6-7-11)16(20)14-15(19)13-5-3-2-4-12(13)10-17-14/h2-5,10-11,19H,6-9H2,1H3. The SMILES string of the molecule is CN(CCC1CC1)C(=O)c1ncc2ccccc2c1O. The Labute approximate surface area is 118 Å². The fourth-order valence-electron chi connectivity index (χ4n) is 2.37. The van der Waals surface area contributed by atoms with Gasteiger partial charge >= 0.3 is 0 Å². The maximum absolute atomic E-state index is 12.3. The highest BCUT2D eigenvalue weighted by molar-refractivity contribution is 6.01. The van der Waals surface area contributed by atoms with E-state index >= 15 is 0 Å². The van der Waals surface area contributed by atoms with Crippen LogP contribution in [0.4, 0.5) is 0 Å². The number of rotatable bonds is 4. The maximum Gasteiger partial charge on any atom is 0.276 e. The third-order valence-electron chi connectivity index (χ3n) is 3.89. The molecule has 0 aliphatic heterocycles. The van der Waals surface area contributed by atoms with Crippen molar-refractivity contribution in [3.63, 3.8) is 0 Å². The summed E-state index contributed by atoms with van der Waals surface area (Å²) in [5, 5.41) is 11.8. The Balaban J connectivity index is 1.84. The molecule has 0 unspecified atom stereocenters. The lowest BCUT2D eigenvalue weighted by molar-refractivity contribution is 0.0783. The molecule has 1 aliphatic carbocycles. The summed E-state index contributed by atoms with van der Waals surface area (Å²) in [5.41, 5.74) is 0.141. The minimum absolute atomic E-state index is 0.0219. The fourth-order valence-corrected chi connectivity index (χ4v) is 2.37. The molecule has 0 bridgehead atoms. The molecule has 1 heterocycles. The van der Waals surface area contributed by atoms with E-state index in [0.29, 0.717) is 5.39 Å². The van der Waals surface area contributed by atoms with Crippen molar-refractivity contribution >= 4 is 16.7 Å². The van der Waals surface area contributed by atoms with Gasteiger partial charge in [-0.05, 0) is 12.3 Å². The maximum atomic E-state index is 12.3. The minimum atomic E-state index is -0.214. The van der Waals surface area contributed by atoms with Crippen LogP contribution in [0.25, 0.3) is 10.8 Å². The first-order valence-corrected chi connectivity index (χ1v) is 6.99. The van der Waals surface area contributed by atoms with E-state index in [4.69, 9.17) is 0 Å². The molecule has 0 saturated heterocycles. The van der Waals surface area contributed by atoms with E-state index in [1.807, 2.05) is 18.2 Å². The molecule has 2 aromatic rings. The van der Waals surface area contributed by atoms with Gasteiger partial charge in [-0.25, -0.2) is 4.98 Å². The summed E-state index contributed by atoms with van der Waals surface area (Å²) >= 11 is 0. The van der Waals surface area contributed by atoms with Crippen molar-refractivity contribution in [2.24, 2.45) is 5.92 Å². The van der Waals surface area contributed by atoms with Gasteiger partial charge in [-0.15, -0.1) is 0 Å². The summed E-state index contributed by atoms with van der Waals surface area (Å²) in [6.45, 7) is 0.720. The number of nitrogens with zero attached hydrogens (tertiary/aromatic N) is 2. The van der Waals surface area contributed by atoms with Gasteiger partial charge in [0.25, 0.3) is 5.91 Å². The van der Waals surface area contributed by atoms with Crippen molar-refractivity contribution in [2.75, 3.05) is 13.6 Å². The number of hydrogen-bond donors (Lipinski definition) is 1. The third kappa shape index (κ3) is 2.46. The topological polar surface area (TPSA) is 53.4 Å². The van der Waals surface area contributed by atoms with Crippen LogP contribution in [0.15, 0.2) is 30.5 Å². The monoisotopic (exact) mass is 270 g/mol. The Bertz CT molecular complexity index is 650.